The zero-order valence-corrected chi connectivity index (χ0v) is 16.0. The van der Waals surface area contributed by atoms with Crippen LogP contribution in [0.15, 0.2) is 55.7 Å². The number of rotatable bonds is 5. The normalized spacial score (nSPS) is 11.1. The van der Waals surface area contributed by atoms with E-state index < -0.39 is 0 Å². The first-order chi connectivity index (χ1) is 10.5. The Hall–Kier alpha value is -0.970. The van der Waals surface area contributed by atoms with Crippen molar-refractivity contribution in [2.45, 2.75) is 23.6 Å². The standard InChI is InChI=1S/C17H18BrClN2S/c1-4-21(3)11-20-15-10-13(18)17(9-12(15)2)22-16-8-6-5-7-14(16)19/h5-11H,4H2,1-3H3. The van der Waals surface area contributed by atoms with E-state index in [2.05, 4.69) is 46.9 Å². The van der Waals surface area contributed by atoms with Gasteiger partial charge in [0.25, 0.3) is 0 Å². The molecule has 0 fully saturated rings. The van der Waals surface area contributed by atoms with Crippen molar-refractivity contribution in [3.63, 3.8) is 0 Å². The van der Waals surface area contributed by atoms with Gasteiger partial charge in [-0.1, -0.05) is 35.5 Å². The number of aliphatic imine (C=N–C) groups is 1. The molecule has 22 heavy (non-hydrogen) atoms. The molecular weight excluding hydrogens is 380 g/mol. The molecule has 0 heterocycles. The van der Waals surface area contributed by atoms with E-state index in [-0.39, 0.29) is 0 Å². The average Bonchev–Trinajstić information content (AvgIpc) is 2.51. The third-order valence-electron chi connectivity index (χ3n) is 3.20. The van der Waals surface area contributed by atoms with Gasteiger partial charge < -0.3 is 4.90 Å². The molecule has 5 heteroatoms. The molecule has 0 atom stereocenters. The molecule has 0 aliphatic carbocycles. The van der Waals surface area contributed by atoms with Gasteiger partial charge >= 0.3 is 0 Å². The molecule has 0 saturated carbocycles. The number of benzene rings is 2. The lowest BCUT2D eigenvalue weighted by Gasteiger charge is -2.11. The second-order valence-corrected chi connectivity index (χ2v) is 7.26. The first-order valence-electron chi connectivity index (χ1n) is 6.98. The Balaban J connectivity index is 2.27. The van der Waals surface area contributed by atoms with Crippen LogP contribution in [0, 0.1) is 6.92 Å². The Labute approximate surface area is 149 Å². The summed E-state index contributed by atoms with van der Waals surface area (Å²) >= 11 is 11.5. The molecule has 0 bridgehead atoms. The Morgan fingerprint density at radius 3 is 2.68 bits per heavy atom. The number of hydrogen-bond acceptors (Lipinski definition) is 2. The molecule has 2 aromatic carbocycles. The van der Waals surface area contributed by atoms with Crippen molar-refractivity contribution in [2.24, 2.45) is 4.99 Å². The Kier molecular flexibility index (Phi) is 6.36. The zero-order valence-electron chi connectivity index (χ0n) is 12.8. The van der Waals surface area contributed by atoms with Crippen LogP contribution in [0.1, 0.15) is 12.5 Å². The minimum Gasteiger partial charge on any atom is -0.366 e. The van der Waals surface area contributed by atoms with Gasteiger partial charge in [0.05, 0.1) is 17.0 Å². The molecular formula is C17H18BrClN2S. The fourth-order valence-electron chi connectivity index (χ4n) is 1.75. The highest BCUT2D eigenvalue weighted by Gasteiger charge is 2.09. The largest absolute Gasteiger partial charge is 0.366 e. The summed E-state index contributed by atoms with van der Waals surface area (Å²) in [7, 11) is 2.01. The van der Waals surface area contributed by atoms with E-state index in [1.807, 2.05) is 42.6 Å². The molecule has 0 amide bonds. The molecule has 0 unspecified atom stereocenters. The van der Waals surface area contributed by atoms with Crippen LogP contribution >= 0.6 is 39.3 Å². The molecule has 0 spiro atoms. The minimum atomic E-state index is 0.767. The van der Waals surface area contributed by atoms with Gasteiger partial charge in [0.1, 0.15) is 0 Å². The summed E-state index contributed by atoms with van der Waals surface area (Å²) in [4.78, 5) is 8.76. The van der Waals surface area contributed by atoms with Gasteiger partial charge in [0, 0.05) is 27.9 Å². The van der Waals surface area contributed by atoms with Crippen molar-refractivity contribution in [3.05, 3.63) is 51.5 Å². The Morgan fingerprint density at radius 2 is 2.00 bits per heavy atom. The van der Waals surface area contributed by atoms with Crippen molar-refractivity contribution < 1.29 is 0 Å². The monoisotopic (exact) mass is 396 g/mol. The van der Waals surface area contributed by atoms with Gasteiger partial charge in [0.2, 0.25) is 0 Å². The predicted molar refractivity (Wildman–Crippen MR) is 101 cm³/mol. The lowest BCUT2D eigenvalue weighted by Crippen LogP contribution is -2.14. The molecule has 0 saturated heterocycles. The third kappa shape index (κ3) is 4.51. The van der Waals surface area contributed by atoms with E-state index >= 15 is 0 Å². The summed E-state index contributed by atoms with van der Waals surface area (Å²) in [5, 5.41) is 0.767. The van der Waals surface area contributed by atoms with Crippen molar-refractivity contribution in [2.75, 3.05) is 13.6 Å². The van der Waals surface area contributed by atoms with Gasteiger partial charge in [-0.05, 0) is 59.6 Å². The summed E-state index contributed by atoms with van der Waals surface area (Å²) < 4.78 is 1.02. The van der Waals surface area contributed by atoms with E-state index in [0.717, 1.165) is 37.1 Å². The fourth-order valence-corrected chi connectivity index (χ4v) is 3.52. The smallest absolute Gasteiger partial charge is 0.0909 e. The highest BCUT2D eigenvalue weighted by atomic mass is 79.9. The second-order valence-electron chi connectivity index (χ2n) is 4.92. The topological polar surface area (TPSA) is 15.6 Å². The van der Waals surface area contributed by atoms with Crippen LogP contribution in [0.5, 0.6) is 0 Å². The summed E-state index contributed by atoms with van der Waals surface area (Å²) in [5.74, 6) is 0. The van der Waals surface area contributed by atoms with Crippen LogP contribution < -0.4 is 0 Å². The van der Waals surface area contributed by atoms with E-state index in [9.17, 15) is 0 Å². The molecule has 0 N–H and O–H groups in total. The first kappa shape index (κ1) is 17.4. The lowest BCUT2D eigenvalue weighted by molar-refractivity contribution is 0.552. The van der Waals surface area contributed by atoms with Crippen LogP contribution in [0.2, 0.25) is 5.02 Å². The van der Waals surface area contributed by atoms with Crippen LogP contribution in [0.3, 0.4) is 0 Å². The predicted octanol–water partition coefficient (Wildman–Crippen LogP) is 6.17. The molecule has 0 aromatic heterocycles. The molecule has 0 radical (unpaired) electrons. The minimum absolute atomic E-state index is 0.767. The summed E-state index contributed by atoms with van der Waals surface area (Å²) in [5.41, 5.74) is 2.11. The molecule has 2 nitrogen and oxygen atoms in total. The molecule has 2 rings (SSSR count). The fraction of sp³-hybridized carbons (Fsp3) is 0.235. The summed E-state index contributed by atoms with van der Waals surface area (Å²) in [6, 6.07) is 12.1. The SMILES string of the molecule is CCN(C)C=Nc1cc(Br)c(Sc2ccccc2Cl)cc1C. The van der Waals surface area contributed by atoms with Crippen molar-refractivity contribution in [1.82, 2.24) is 4.90 Å². The maximum atomic E-state index is 6.23. The zero-order chi connectivity index (χ0) is 16.1. The quantitative estimate of drug-likeness (QED) is 0.442. The average molecular weight is 398 g/mol. The number of halogens is 2. The van der Waals surface area contributed by atoms with Gasteiger partial charge in [-0.2, -0.15) is 0 Å². The van der Waals surface area contributed by atoms with Gasteiger partial charge in [-0.3, -0.25) is 0 Å². The molecule has 0 aliphatic rings. The Morgan fingerprint density at radius 1 is 1.27 bits per heavy atom. The molecule has 2 aromatic rings. The van der Waals surface area contributed by atoms with Crippen LogP contribution in [0.4, 0.5) is 5.69 Å². The first-order valence-corrected chi connectivity index (χ1v) is 8.97. The lowest BCUT2D eigenvalue weighted by atomic mass is 10.2. The Bertz CT molecular complexity index is 688. The summed E-state index contributed by atoms with van der Waals surface area (Å²) in [6.45, 7) is 5.10. The number of hydrogen-bond donors (Lipinski definition) is 0. The number of nitrogens with zero attached hydrogens (tertiary/aromatic N) is 2. The van der Waals surface area contributed by atoms with E-state index in [1.54, 1.807) is 11.8 Å². The van der Waals surface area contributed by atoms with Crippen LogP contribution in [-0.4, -0.2) is 24.8 Å². The van der Waals surface area contributed by atoms with Crippen molar-refractivity contribution in [1.29, 1.82) is 0 Å². The van der Waals surface area contributed by atoms with Crippen molar-refractivity contribution in [3.8, 4) is 0 Å². The maximum Gasteiger partial charge on any atom is 0.0909 e. The van der Waals surface area contributed by atoms with Gasteiger partial charge in [-0.15, -0.1) is 0 Å². The molecule has 116 valence electrons. The number of aryl methyl sites for hydroxylation is 1. The maximum absolute atomic E-state index is 6.23. The summed E-state index contributed by atoms with van der Waals surface area (Å²) in [6.07, 6.45) is 1.86. The highest BCUT2D eigenvalue weighted by Crippen LogP contribution is 2.39. The third-order valence-corrected chi connectivity index (χ3v) is 5.69. The van der Waals surface area contributed by atoms with E-state index in [4.69, 9.17) is 11.6 Å². The van der Waals surface area contributed by atoms with Crippen LogP contribution in [0.25, 0.3) is 0 Å². The molecule has 0 aliphatic heterocycles. The van der Waals surface area contributed by atoms with E-state index in [1.165, 1.54) is 0 Å². The van der Waals surface area contributed by atoms with Gasteiger partial charge in [-0.25, -0.2) is 4.99 Å². The van der Waals surface area contributed by atoms with Crippen molar-refractivity contribution >= 4 is 51.3 Å². The van der Waals surface area contributed by atoms with Crippen LogP contribution in [-0.2, 0) is 0 Å². The second kappa shape index (κ2) is 8.04. The van der Waals surface area contributed by atoms with Gasteiger partial charge in [0.15, 0.2) is 0 Å². The van der Waals surface area contributed by atoms with E-state index in [0.29, 0.717) is 0 Å². The highest BCUT2D eigenvalue weighted by molar-refractivity contribution is 9.10.